The van der Waals surface area contributed by atoms with Crippen LogP contribution in [0.5, 0.6) is 0 Å². The highest BCUT2D eigenvalue weighted by Crippen LogP contribution is 2.35. The Bertz CT molecular complexity index is 361. The second kappa shape index (κ2) is 4.35. The fourth-order valence-corrected chi connectivity index (χ4v) is 1.86. The van der Waals surface area contributed by atoms with Crippen LogP contribution in [0.1, 0.15) is 26.7 Å². The summed E-state index contributed by atoms with van der Waals surface area (Å²) in [5.74, 6) is 0.904. The summed E-state index contributed by atoms with van der Waals surface area (Å²) in [7, 11) is 0. The molecule has 0 aromatic rings. The van der Waals surface area contributed by atoms with Gasteiger partial charge in [0.2, 0.25) is 11.8 Å². The Morgan fingerprint density at radius 3 is 2.19 bits per heavy atom. The zero-order valence-electron chi connectivity index (χ0n) is 9.29. The van der Waals surface area contributed by atoms with Gasteiger partial charge in [0.25, 0.3) is 0 Å². The second-order valence-electron chi connectivity index (χ2n) is 3.90. The third-order valence-electron chi connectivity index (χ3n) is 3.10. The highest BCUT2D eigenvalue weighted by molar-refractivity contribution is 6.19. The summed E-state index contributed by atoms with van der Waals surface area (Å²) in [5.41, 5.74) is -1.32. The summed E-state index contributed by atoms with van der Waals surface area (Å²) < 4.78 is 0. The van der Waals surface area contributed by atoms with E-state index in [1.165, 1.54) is 0 Å². The van der Waals surface area contributed by atoms with Gasteiger partial charge in [0.05, 0.1) is 0 Å². The maximum atomic E-state index is 11.8. The van der Waals surface area contributed by atoms with E-state index in [9.17, 15) is 14.4 Å². The molecule has 0 saturated carbocycles. The molecular formula is C11H14N2O3. The SMILES string of the molecule is C#CCC1(C(C)CC)C(=O)NC(=O)NC1=O. The van der Waals surface area contributed by atoms with Crippen molar-refractivity contribution in [1.82, 2.24) is 10.6 Å². The second-order valence-corrected chi connectivity index (χ2v) is 3.90. The minimum absolute atomic E-state index is 0.00699. The molecule has 0 radical (unpaired) electrons. The maximum absolute atomic E-state index is 11.8. The zero-order valence-corrected chi connectivity index (χ0v) is 9.29. The van der Waals surface area contributed by atoms with Gasteiger partial charge in [-0.05, 0) is 5.92 Å². The van der Waals surface area contributed by atoms with Crippen LogP contribution in [0, 0.1) is 23.7 Å². The van der Waals surface area contributed by atoms with E-state index in [1.54, 1.807) is 6.92 Å². The minimum atomic E-state index is -1.32. The number of hydrogen-bond donors (Lipinski definition) is 2. The number of amides is 4. The van der Waals surface area contributed by atoms with Gasteiger partial charge in [0.1, 0.15) is 5.41 Å². The maximum Gasteiger partial charge on any atom is 0.328 e. The van der Waals surface area contributed by atoms with E-state index in [0.717, 1.165) is 0 Å². The Morgan fingerprint density at radius 1 is 1.31 bits per heavy atom. The molecule has 1 saturated heterocycles. The topological polar surface area (TPSA) is 75.3 Å². The summed E-state index contributed by atoms with van der Waals surface area (Å²) >= 11 is 0. The first-order valence-electron chi connectivity index (χ1n) is 5.09. The quantitative estimate of drug-likeness (QED) is 0.536. The van der Waals surface area contributed by atoms with Gasteiger partial charge in [0.15, 0.2) is 0 Å². The van der Waals surface area contributed by atoms with E-state index in [4.69, 9.17) is 6.42 Å². The van der Waals surface area contributed by atoms with Crippen LogP contribution in [0.25, 0.3) is 0 Å². The average Bonchev–Trinajstić information content (AvgIpc) is 2.22. The van der Waals surface area contributed by atoms with Crippen LogP contribution in [-0.2, 0) is 9.59 Å². The standard InChI is InChI=1S/C11H14N2O3/c1-4-6-11(7(3)5-2)8(14)12-10(16)13-9(11)15/h1,7H,5-6H2,2-3H3,(H2,12,13,14,15,16). The molecule has 1 atom stereocenters. The molecule has 16 heavy (non-hydrogen) atoms. The third-order valence-corrected chi connectivity index (χ3v) is 3.10. The van der Waals surface area contributed by atoms with Gasteiger partial charge in [0, 0.05) is 6.42 Å². The van der Waals surface area contributed by atoms with E-state index in [1.807, 2.05) is 6.92 Å². The molecule has 0 bridgehead atoms. The lowest BCUT2D eigenvalue weighted by atomic mass is 9.70. The van der Waals surface area contributed by atoms with Gasteiger partial charge in [-0.3, -0.25) is 20.2 Å². The number of terminal acetylenes is 1. The fourth-order valence-electron chi connectivity index (χ4n) is 1.86. The fraction of sp³-hybridized carbons (Fsp3) is 0.545. The van der Waals surface area contributed by atoms with E-state index in [-0.39, 0.29) is 12.3 Å². The Balaban J connectivity index is 3.17. The smallest absolute Gasteiger partial charge is 0.277 e. The van der Waals surface area contributed by atoms with Gasteiger partial charge in [-0.2, -0.15) is 0 Å². The Kier molecular flexibility index (Phi) is 3.33. The molecule has 0 aromatic heterocycles. The van der Waals surface area contributed by atoms with Crippen molar-refractivity contribution in [3.63, 3.8) is 0 Å². The van der Waals surface area contributed by atoms with Crippen molar-refractivity contribution in [2.75, 3.05) is 0 Å². The Hall–Kier alpha value is -1.83. The van der Waals surface area contributed by atoms with Gasteiger partial charge < -0.3 is 0 Å². The Morgan fingerprint density at radius 2 is 1.81 bits per heavy atom. The summed E-state index contributed by atoms with van der Waals surface area (Å²) in [6.07, 6.45) is 5.82. The van der Waals surface area contributed by atoms with Crippen molar-refractivity contribution in [2.24, 2.45) is 11.3 Å². The molecule has 5 heteroatoms. The lowest BCUT2D eigenvalue weighted by Crippen LogP contribution is -2.64. The lowest BCUT2D eigenvalue weighted by Gasteiger charge is -2.36. The molecule has 1 fully saturated rings. The van der Waals surface area contributed by atoms with Crippen molar-refractivity contribution in [2.45, 2.75) is 26.7 Å². The van der Waals surface area contributed by atoms with Gasteiger partial charge in [-0.15, -0.1) is 12.3 Å². The molecule has 1 rings (SSSR count). The number of imide groups is 2. The molecule has 1 heterocycles. The number of hydrogen-bond acceptors (Lipinski definition) is 3. The largest absolute Gasteiger partial charge is 0.328 e. The molecule has 0 aromatic carbocycles. The monoisotopic (exact) mass is 222 g/mol. The summed E-state index contributed by atoms with van der Waals surface area (Å²) in [5, 5.41) is 4.19. The molecule has 0 aliphatic carbocycles. The normalized spacial score (nSPS) is 20.7. The molecule has 1 aliphatic heterocycles. The van der Waals surface area contributed by atoms with E-state index in [2.05, 4.69) is 16.6 Å². The highest BCUT2D eigenvalue weighted by Gasteiger charge is 2.52. The average molecular weight is 222 g/mol. The zero-order chi connectivity index (χ0) is 12.3. The third kappa shape index (κ3) is 1.67. The van der Waals surface area contributed by atoms with E-state index >= 15 is 0 Å². The minimum Gasteiger partial charge on any atom is -0.277 e. The van der Waals surface area contributed by atoms with Crippen molar-refractivity contribution in [1.29, 1.82) is 0 Å². The Labute approximate surface area is 94.0 Å². The number of carbonyl (C=O) groups is 3. The van der Waals surface area contributed by atoms with Crippen LogP contribution in [0.15, 0.2) is 0 Å². The number of rotatable bonds is 3. The summed E-state index contributed by atoms with van der Waals surface area (Å²) in [6, 6.07) is -0.786. The van der Waals surface area contributed by atoms with Crippen LogP contribution >= 0.6 is 0 Å². The van der Waals surface area contributed by atoms with Crippen molar-refractivity contribution < 1.29 is 14.4 Å². The van der Waals surface area contributed by atoms with Gasteiger partial charge >= 0.3 is 6.03 Å². The molecule has 1 aliphatic rings. The van der Waals surface area contributed by atoms with Gasteiger partial charge in [-0.1, -0.05) is 20.3 Å². The van der Waals surface area contributed by atoms with Crippen LogP contribution in [0.4, 0.5) is 4.79 Å². The summed E-state index contributed by atoms with van der Waals surface area (Å²) in [6.45, 7) is 3.63. The van der Waals surface area contributed by atoms with Crippen LogP contribution in [0.3, 0.4) is 0 Å². The van der Waals surface area contributed by atoms with E-state index in [0.29, 0.717) is 6.42 Å². The van der Waals surface area contributed by atoms with Gasteiger partial charge in [-0.25, -0.2) is 4.79 Å². The van der Waals surface area contributed by atoms with E-state index < -0.39 is 23.3 Å². The molecule has 0 spiro atoms. The predicted molar refractivity (Wildman–Crippen MR) is 57.0 cm³/mol. The molecule has 5 nitrogen and oxygen atoms in total. The predicted octanol–water partition coefficient (Wildman–Crippen LogP) is 0.408. The number of barbiturate groups is 1. The van der Waals surface area contributed by atoms with Crippen molar-refractivity contribution in [3.8, 4) is 12.3 Å². The molecular weight excluding hydrogens is 208 g/mol. The van der Waals surface area contributed by atoms with Crippen LogP contribution in [-0.4, -0.2) is 17.8 Å². The number of carbonyl (C=O) groups excluding carboxylic acids is 3. The van der Waals surface area contributed by atoms with Crippen molar-refractivity contribution >= 4 is 17.8 Å². The first kappa shape index (κ1) is 12.2. The molecule has 1 unspecified atom stereocenters. The molecule has 2 N–H and O–H groups in total. The number of urea groups is 1. The first-order chi connectivity index (χ1) is 7.48. The van der Waals surface area contributed by atoms with Crippen LogP contribution < -0.4 is 10.6 Å². The highest BCUT2D eigenvalue weighted by atomic mass is 16.2. The molecule has 4 amide bonds. The summed E-state index contributed by atoms with van der Waals surface area (Å²) in [4.78, 5) is 34.6. The lowest BCUT2D eigenvalue weighted by molar-refractivity contribution is -0.147. The molecule has 86 valence electrons. The van der Waals surface area contributed by atoms with Crippen molar-refractivity contribution in [3.05, 3.63) is 0 Å². The first-order valence-corrected chi connectivity index (χ1v) is 5.09. The number of nitrogens with one attached hydrogen (secondary N) is 2. The van der Waals surface area contributed by atoms with Crippen LogP contribution in [0.2, 0.25) is 0 Å².